The maximum atomic E-state index is 15.3. The molecule has 7 rings (SSSR count). The van der Waals surface area contributed by atoms with Gasteiger partial charge in [-0.05, 0) is 53.5 Å². The Kier molecular flexibility index (Phi) is 5.49. The topological polar surface area (TPSA) is 148 Å². The zero-order valence-electron chi connectivity index (χ0n) is 20.6. The van der Waals surface area contributed by atoms with Crippen LogP contribution in [0, 0.1) is 5.82 Å². The summed E-state index contributed by atoms with van der Waals surface area (Å²) in [6.07, 6.45) is 9.74. The molecule has 40 heavy (non-hydrogen) atoms. The zero-order valence-corrected chi connectivity index (χ0v) is 21.3. The standard InChI is InChI=1S/C26H19ClFN9O3/c27-17-2-4-20(36-12-31-33-34-36)23(24(17)28)13-7-14-1-3-21(37(14)22(38)8-13)25-30-10-18(32-25)16-11-35(26(39)40)19-5-6-29-9-15(16)19/h2,4-6,8-12,14,21H,1,3,7H2,(H,30,32)(H,39,40)/t14?,21-/m0/s1. The SMILES string of the molecule is O=C1C=C(c2c(-n3cnnn3)ccc(Cl)c2F)CC2CC[C@@H](c3ncc(-c4cn(C(=O)O)c5ccncc45)[nH]3)N12. The van der Waals surface area contributed by atoms with Crippen LogP contribution in [-0.2, 0) is 4.79 Å². The molecule has 12 nitrogen and oxygen atoms in total. The quantitative estimate of drug-likeness (QED) is 0.332. The molecule has 0 aliphatic carbocycles. The number of tetrazole rings is 1. The molecule has 0 radical (unpaired) electrons. The van der Waals surface area contributed by atoms with Gasteiger partial charge in [0.1, 0.15) is 12.2 Å². The Balaban J connectivity index is 1.22. The number of rotatable bonds is 4. The van der Waals surface area contributed by atoms with Crippen molar-refractivity contribution in [3.8, 4) is 16.9 Å². The number of hydrogen-bond acceptors (Lipinski definition) is 7. The van der Waals surface area contributed by atoms with E-state index in [0.29, 0.717) is 58.5 Å². The van der Waals surface area contributed by atoms with E-state index < -0.39 is 11.9 Å². The van der Waals surface area contributed by atoms with Crippen molar-refractivity contribution < 1.29 is 19.1 Å². The second-order valence-electron chi connectivity index (χ2n) is 9.65. The highest BCUT2D eigenvalue weighted by Gasteiger charge is 2.42. The fourth-order valence-electron chi connectivity index (χ4n) is 5.79. The number of aromatic nitrogens is 8. The average molecular weight is 560 g/mol. The van der Waals surface area contributed by atoms with Crippen LogP contribution in [-0.4, -0.2) is 67.8 Å². The summed E-state index contributed by atoms with van der Waals surface area (Å²) < 4.78 is 17.8. The van der Waals surface area contributed by atoms with E-state index >= 15 is 4.39 Å². The summed E-state index contributed by atoms with van der Waals surface area (Å²) in [6.45, 7) is 0. The number of carbonyl (C=O) groups is 2. The largest absolute Gasteiger partial charge is 0.464 e. The van der Waals surface area contributed by atoms with E-state index in [1.54, 1.807) is 29.4 Å². The monoisotopic (exact) mass is 559 g/mol. The molecule has 14 heteroatoms. The number of pyridine rings is 1. The number of carbonyl (C=O) groups excluding carboxylic acids is 1. The Morgan fingerprint density at radius 2 is 2.08 bits per heavy atom. The summed E-state index contributed by atoms with van der Waals surface area (Å²) >= 11 is 6.12. The molecule has 1 saturated heterocycles. The van der Waals surface area contributed by atoms with Crippen LogP contribution in [0.2, 0.25) is 5.02 Å². The Morgan fingerprint density at radius 3 is 2.88 bits per heavy atom. The number of H-pyrrole nitrogens is 1. The van der Waals surface area contributed by atoms with Gasteiger partial charge in [-0.1, -0.05) is 11.6 Å². The average Bonchev–Trinajstić information content (AvgIpc) is 3.75. The van der Waals surface area contributed by atoms with Crippen molar-refractivity contribution in [2.75, 3.05) is 0 Å². The Morgan fingerprint density at radius 1 is 1.20 bits per heavy atom. The van der Waals surface area contributed by atoms with Gasteiger partial charge >= 0.3 is 6.09 Å². The maximum absolute atomic E-state index is 15.3. The third-order valence-electron chi connectivity index (χ3n) is 7.51. The van der Waals surface area contributed by atoms with E-state index in [-0.39, 0.29) is 28.6 Å². The first-order valence-electron chi connectivity index (χ1n) is 12.4. The van der Waals surface area contributed by atoms with Crippen LogP contribution in [0.15, 0.2) is 55.4 Å². The first-order chi connectivity index (χ1) is 19.4. The molecular weight excluding hydrogens is 541 g/mol. The molecule has 5 aromatic rings. The minimum absolute atomic E-state index is 0.0607. The van der Waals surface area contributed by atoms with Gasteiger partial charge in [0, 0.05) is 47.2 Å². The van der Waals surface area contributed by atoms with E-state index in [9.17, 15) is 14.7 Å². The molecule has 200 valence electrons. The molecule has 4 aromatic heterocycles. The minimum atomic E-state index is -1.11. The number of imidazole rings is 1. The highest BCUT2D eigenvalue weighted by atomic mass is 35.5. The van der Waals surface area contributed by atoms with Crippen molar-refractivity contribution in [3.05, 3.63) is 77.6 Å². The third-order valence-corrected chi connectivity index (χ3v) is 7.81. The number of aromatic amines is 1. The lowest BCUT2D eigenvalue weighted by Crippen LogP contribution is -2.39. The van der Waals surface area contributed by atoms with E-state index in [1.807, 2.05) is 0 Å². The fourth-order valence-corrected chi connectivity index (χ4v) is 5.95. The lowest BCUT2D eigenvalue weighted by Gasteiger charge is -2.33. The van der Waals surface area contributed by atoms with Gasteiger partial charge in [0.25, 0.3) is 0 Å². The lowest BCUT2D eigenvalue weighted by atomic mass is 9.92. The first kappa shape index (κ1) is 24.2. The predicted molar refractivity (Wildman–Crippen MR) is 140 cm³/mol. The normalized spacial score (nSPS) is 18.8. The van der Waals surface area contributed by atoms with Gasteiger partial charge in [0.2, 0.25) is 5.91 Å². The molecule has 1 aromatic carbocycles. The summed E-state index contributed by atoms with van der Waals surface area (Å²) in [5.41, 5.74) is 2.86. The van der Waals surface area contributed by atoms with Crippen molar-refractivity contribution >= 4 is 40.1 Å². The number of hydrogen-bond donors (Lipinski definition) is 2. The van der Waals surface area contributed by atoms with Crippen LogP contribution in [0.1, 0.15) is 36.7 Å². The number of nitrogens with zero attached hydrogens (tertiary/aromatic N) is 8. The number of amides is 1. The number of carboxylic acid groups (broad SMARTS) is 1. The summed E-state index contributed by atoms with van der Waals surface area (Å²) in [7, 11) is 0. The van der Waals surface area contributed by atoms with Crippen LogP contribution in [0.5, 0.6) is 0 Å². The van der Waals surface area contributed by atoms with Gasteiger partial charge in [-0.25, -0.2) is 14.2 Å². The molecule has 1 amide bonds. The van der Waals surface area contributed by atoms with Gasteiger partial charge in [-0.2, -0.15) is 4.68 Å². The zero-order chi connectivity index (χ0) is 27.5. The number of nitrogens with one attached hydrogen (secondary N) is 1. The lowest BCUT2D eigenvalue weighted by molar-refractivity contribution is -0.129. The van der Waals surface area contributed by atoms with E-state index in [2.05, 4.69) is 30.5 Å². The molecule has 2 aliphatic heterocycles. The molecule has 2 N–H and O–H groups in total. The molecule has 1 unspecified atom stereocenters. The number of fused-ring (bicyclic) bond motifs is 2. The minimum Gasteiger partial charge on any atom is -0.464 e. The van der Waals surface area contributed by atoms with Crippen molar-refractivity contribution in [1.29, 1.82) is 0 Å². The molecule has 1 fully saturated rings. The van der Waals surface area contributed by atoms with Crippen LogP contribution in [0.25, 0.3) is 33.4 Å². The van der Waals surface area contributed by atoms with E-state index in [0.717, 1.165) is 4.57 Å². The Hall–Kier alpha value is -4.91. The molecular formula is C26H19ClFN9O3. The summed E-state index contributed by atoms with van der Waals surface area (Å²) in [4.78, 5) is 39.0. The maximum Gasteiger partial charge on any atom is 0.416 e. The van der Waals surface area contributed by atoms with Crippen molar-refractivity contribution in [2.24, 2.45) is 0 Å². The number of benzene rings is 1. The van der Waals surface area contributed by atoms with Crippen molar-refractivity contribution in [3.63, 3.8) is 0 Å². The van der Waals surface area contributed by atoms with Crippen LogP contribution in [0.4, 0.5) is 9.18 Å². The molecule has 0 saturated carbocycles. The van der Waals surface area contributed by atoms with E-state index in [4.69, 9.17) is 11.6 Å². The summed E-state index contributed by atoms with van der Waals surface area (Å²) in [5, 5.41) is 21.4. The highest BCUT2D eigenvalue weighted by molar-refractivity contribution is 6.31. The van der Waals surface area contributed by atoms with Gasteiger partial charge in [-0.3, -0.25) is 14.3 Å². The second kappa shape index (κ2) is 9.09. The number of halogens is 2. The second-order valence-corrected chi connectivity index (χ2v) is 10.1. The summed E-state index contributed by atoms with van der Waals surface area (Å²) in [6, 6.07) is 4.18. The fraction of sp³-hybridized carbons (Fsp3) is 0.192. The molecule has 6 heterocycles. The summed E-state index contributed by atoms with van der Waals surface area (Å²) in [5.74, 6) is -0.311. The van der Waals surface area contributed by atoms with Crippen molar-refractivity contribution in [1.82, 2.24) is 44.6 Å². The van der Waals surface area contributed by atoms with Crippen LogP contribution >= 0.6 is 11.6 Å². The van der Waals surface area contributed by atoms with Crippen molar-refractivity contribution in [2.45, 2.75) is 31.3 Å². The third kappa shape index (κ3) is 3.69. The smallest absolute Gasteiger partial charge is 0.416 e. The predicted octanol–water partition coefficient (Wildman–Crippen LogP) is 4.24. The molecule has 0 bridgehead atoms. The van der Waals surface area contributed by atoms with E-state index in [1.165, 1.54) is 35.5 Å². The first-order valence-corrected chi connectivity index (χ1v) is 12.8. The van der Waals surface area contributed by atoms with Gasteiger partial charge in [-0.15, -0.1) is 5.10 Å². The van der Waals surface area contributed by atoms with Gasteiger partial charge in [0.05, 0.1) is 34.2 Å². The van der Waals surface area contributed by atoms with Gasteiger partial charge in [0.15, 0.2) is 5.82 Å². The molecule has 2 aliphatic rings. The Labute approximate surface area is 229 Å². The van der Waals surface area contributed by atoms with Crippen LogP contribution in [0.3, 0.4) is 0 Å². The molecule has 2 atom stereocenters. The highest BCUT2D eigenvalue weighted by Crippen LogP contribution is 2.44. The van der Waals surface area contributed by atoms with Crippen LogP contribution < -0.4 is 0 Å². The molecule has 0 spiro atoms. The van der Waals surface area contributed by atoms with Gasteiger partial charge < -0.3 is 15.0 Å². The Bertz CT molecular complexity index is 1850.